The summed E-state index contributed by atoms with van der Waals surface area (Å²) in [6, 6.07) is 1.88. The van der Waals surface area contributed by atoms with Crippen LogP contribution in [-0.4, -0.2) is 20.9 Å². The van der Waals surface area contributed by atoms with Gasteiger partial charge in [-0.2, -0.15) is 0 Å². The van der Waals surface area contributed by atoms with E-state index in [0.29, 0.717) is 6.54 Å². The second-order valence-corrected chi connectivity index (χ2v) is 2.62. The summed E-state index contributed by atoms with van der Waals surface area (Å²) >= 11 is 0. The van der Waals surface area contributed by atoms with Gasteiger partial charge >= 0.3 is 0 Å². The van der Waals surface area contributed by atoms with Gasteiger partial charge in [0.25, 0.3) is 0 Å². The van der Waals surface area contributed by atoms with Gasteiger partial charge in [0.15, 0.2) is 0 Å². The average molecular weight is 162 g/mol. The van der Waals surface area contributed by atoms with Crippen molar-refractivity contribution in [2.24, 2.45) is 5.73 Å². The second kappa shape index (κ2) is 2.91. The molecule has 2 N–H and O–H groups in total. The number of fused-ring (bicyclic) bond motifs is 1. The molecule has 0 aliphatic heterocycles. The Balaban J connectivity index is 2.47. The van der Waals surface area contributed by atoms with E-state index in [0.717, 1.165) is 17.8 Å². The van der Waals surface area contributed by atoms with Gasteiger partial charge in [-0.15, -0.1) is 0 Å². The minimum atomic E-state index is 0.636. The number of rotatable bonds is 2. The quantitative estimate of drug-likeness (QED) is 0.687. The molecule has 4 heteroatoms. The van der Waals surface area contributed by atoms with Crippen LogP contribution in [0.2, 0.25) is 0 Å². The van der Waals surface area contributed by atoms with Gasteiger partial charge in [0.2, 0.25) is 0 Å². The second-order valence-electron chi connectivity index (χ2n) is 2.62. The summed E-state index contributed by atoms with van der Waals surface area (Å²) in [6.45, 7) is 0.636. The van der Waals surface area contributed by atoms with Crippen molar-refractivity contribution >= 4 is 5.65 Å². The number of nitrogens with zero attached hydrogens (tertiary/aromatic N) is 3. The van der Waals surface area contributed by atoms with Gasteiger partial charge in [0.05, 0.1) is 5.69 Å². The van der Waals surface area contributed by atoms with Gasteiger partial charge in [-0.3, -0.25) is 4.40 Å². The zero-order valence-corrected chi connectivity index (χ0v) is 6.64. The number of hydrogen-bond donors (Lipinski definition) is 1. The summed E-state index contributed by atoms with van der Waals surface area (Å²) in [6.07, 6.45) is 6.24. The fourth-order valence-corrected chi connectivity index (χ4v) is 1.16. The molecule has 0 amide bonds. The molecule has 0 unspecified atom stereocenters. The molecule has 4 nitrogen and oxygen atoms in total. The topological polar surface area (TPSA) is 56.2 Å². The first-order valence-electron chi connectivity index (χ1n) is 3.88. The summed E-state index contributed by atoms with van der Waals surface area (Å²) in [4.78, 5) is 8.32. The Morgan fingerprint density at radius 3 is 3.17 bits per heavy atom. The third-order valence-electron chi connectivity index (χ3n) is 1.71. The molecule has 0 atom stereocenters. The highest BCUT2D eigenvalue weighted by Crippen LogP contribution is 2.02. The molecule has 0 aliphatic rings. The summed E-state index contributed by atoms with van der Waals surface area (Å²) in [5.41, 5.74) is 7.36. The number of aromatic nitrogens is 3. The first kappa shape index (κ1) is 7.24. The maximum atomic E-state index is 5.42. The average Bonchev–Trinajstić information content (AvgIpc) is 2.47. The molecule has 0 bridgehead atoms. The standard InChI is InChI=1S/C8H10N4/c9-3-1-7-5-12-6-10-4-2-8(12)11-7/h2,4-6H,1,3,9H2. The van der Waals surface area contributed by atoms with E-state index in [1.54, 1.807) is 12.5 Å². The van der Waals surface area contributed by atoms with Gasteiger partial charge in [-0.25, -0.2) is 9.97 Å². The van der Waals surface area contributed by atoms with Crippen LogP contribution in [0.3, 0.4) is 0 Å². The number of nitrogens with two attached hydrogens (primary N) is 1. The highest BCUT2D eigenvalue weighted by atomic mass is 15.0. The van der Waals surface area contributed by atoms with Crippen LogP contribution >= 0.6 is 0 Å². The Kier molecular flexibility index (Phi) is 1.75. The summed E-state index contributed by atoms with van der Waals surface area (Å²) in [5.74, 6) is 0. The predicted octanol–water partition coefficient (Wildman–Crippen LogP) is 0.230. The van der Waals surface area contributed by atoms with Crippen molar-refractivity contribution in [3.8, 4) is 0 Å². The smallest absolute Gasteiger partial charge is 0.139 e. The molecule has 0 fully saturated rings. The highest BCUT2D eigenvalue weighted by molar-refractivity contribution is 5.37. The molecule has 0 aromatic carbocycles. The minimum absolute atomic E-state index is 0.636. The number of hydrogen-bond acceptors (Lipinski definition) is 3. The Bertz CT molecular complexity index is 346. The van der Waals surface area contributed by atoms with Crippen molar-refractivity contribution < 1.29 is 0 Å². The largest absolute Gasteiger partial charge is 0.330 e. The van der Waals surface area contributed by atoms with E-state index in [1.807, 2.05) is 16.7 Å². The normalized spacial score (nSPS) is 10.8. The third-order valence-corrected chi connectivity index (χ3v) is 1.71. The lowest BCUT2D eigenvalue weighted by Crippen LogP contribution is -2.02. The van der Waals surface area contributed by atoms with Gasteiger partial charge in [0.1, 0.15) is 12.0 Å². The van der Waals surface area contributed by atoms with Crippen molar-refractivity contribution in [2.75, 3.05) is 6.54 Å². The molecule has 0 radical (unpaired) electrons. The maximum absolute atomic E-state index is 5.42. The van der Waals surface area contributed by atoms with E-state index in [1.165, 1.54) is 0 Å². The van der Waals surface area contributed by atoms with Crippen LogP contribution in [0.4, 0.5) is 0 Å². The number of imidazole rings is 1. The van der Waals surface area contributed by atoms with Crippen LogP contribution in [0.5, 0.6) is 0 Å². The molecule has 2 heterocycles. The summed E-state index contributed by atoms with van der Waals surface area (Å²) in [7, 11) is 0. The van der Waals surface area contributed by atoms with E-state index in [-0.39, 0.29) is 0 Å². The molecular formula is C8H10N4. The Labute approximate surface area is 70.1 Å². The summed E-state index contributed by atoms with van der Waals surface area (Å²) in [5, 5.41) is 0. The molecule has 2 aromatic heterocycles. The van der Waals surface area contributed by atoms with Crippen LogP contribution in [0.1, 0.15) is 5.69 Å². The Morgan fingerprint density at radius 2 is 2.42 bits per heavy atom. The molecule has 0 saturated heterocycles. The van der Waals surface area contributed by atoms with Gasteiger partial charge < -0.3 is 5.73 Å². The Morgan fingerprint density at radius 1 is 1.50 bits per heavy atom. The fraction of sp³-hybridized carbons (Fsp3) is 0.250. The van der Waals surface area contributed by atoms with E-state index in [2.05, 4.69) is 9.97 Å². The van der Waals surface area contributed by atoms with Crippen LogP contribution in [0, 0.1) is 0 Å². The zero-order valence-electron chi connectivity index (χ0n) is 6.64. The van der Waals surface area contributed by atoms with Crippen LogP contribution in [0.15, 0.2) is 24.8 Å². The molecule has 0 aliphatic carbocycles. The van der Waals surface area contributed by atoms with Crippen molar-refractivity contribution in [3.63, 3.8) is 0 Å². The van der Waals surface area contributed by atoms with Crippen molar-refractivity contribution in [1.82, 2.24) is 14.4 Å². The van der Waals surface area contributed by atoms with Gasteiger partial charge in [0, 0.05) is 18.8 Å². The molecule has 2 aromatic rings. The lowest BCUT2D eigenvalue weighted by atomic mass is 10.3. The molecule has 0 spiro atoms. The fourth-order valence-electron chi connectivity index (χ4n) is 1.16. The van der Waals surface area contributed by atoms with E-state index in [9.17, 15) is 0 Å². The Hall–Kier alpha value is -1.42. The van der Waals surface area contributed by atoms with Crippen molar-refractivity contribution in [3.05, 3.63) is 30.5 Å². The van der Waals surface area contributed by atoms with Gasteiger partial charge in [-0.05, 0) is 12.6 Å². The van der Waals surface area contributed by atoms with Crippen LogP contribution in [-0.2, 0) is 6.42 Å². The van der Waals surface area contributed by atoms with Crippen LogP contribution < -0.4 is 5.73 Å². The van der Waals surface area contributed by atoms with Crippen molar-refractivity contribution in [2.45, 2.75) is 6.42 Å². The first-order chi connectivity index (χ1) is 5.90. The lowest BCUT2D eigenvalue weighted by molar-refractivity contribution is 0.936. The molecular weight excluding hydrogens is 152 g/mol. The minimum Gasteiger partial charge on any atom is -0.330 e. The predicted molar refractivity (Wildman–Crippen MR) is 45.7 cm³/mol. The third kappa shape index (κ3) is 1.16. The maximum Gasteiger partial charge on any atom is 0.139 e. The lowest BCUT2D eigenvalue weighted by Gasteiger charge is -1.86. The molecule has 62 valence electrons. The molecule has 2 rings (SSSR count). The zero-order chi connectivity index (χ0) is 8.39. The van der Waals surface area contributed by atoms with Crippen molar-refractivity contribution in [1.29, 1.82) is 0 Å². The summed E-state index contributed by atoms with van der Waals surface area (Å²) < 4.78 is 1.89. The van der Waals surface area contributed by atoms with E-state index >= 15 is 0 Å². The SMILES string of the molecule is NCCc1cn2cnccc2n1. The monoisotopic (exact) mass is 162 g/mol. The highest BCUT2D eigenvalue weighted by Gasteiger charge is 1.98. The van der Waals surface area contributed by atoms with E-state index in [4.69, 9.17) is 5.73 Å². The molecule has 12 heavy (non-hydrogen) atoms. The first-order valence-corrected chi connectivity index (χ1v) is 3.88. The van der Waals surface area contributed by atoms with E-state index < -0.39 is 0 Å². The van der Waals surface area contributed by atoms with Gasteiger partial charge in [-0.1, -0.05) is 0 Å². The molecule has 0 saturated carbocycles. The van der Waals surface area contributed by atoms with Crippen LogP contribution in [0.25, 0.3) is 5.65 Å².